The highest BCUT2D eigenvalue weighted by Crippen LogP contribution is 2.28. The quantitative estimate of drug-likeness (QED) is 0.210. The third kappa shape index (κ3) is 12.5. The minimum absolute atomic E-state index is 0.180. The van der Waals surface area contributed by atoms with E-state index in [4.69, 9.17) is 0 Å². The van der Waals surface area contributed by atoms with Crippen molar-refractivity contribution >= 4 is 22.1 Å². The molecule has 0 aliphatic carbocycles. The Hall–Kier alpha value is -1.15. The summed E-state index contributed by atoms with van der Waals surface area (Å²) in [6.45, 7) is 2.23. The summed E-state index contributed by atoms with van der Waals surface area (Å²) in [6, 6.07) is 0. The van der Waals surface area contributed by atoms with Crippen molar-refractivity contribution in [2.24, 2.45) is 0 Å². The van der Waals surface area contributed by atoms with Gasteiger partial charge in [0.05, 0.1) is 5.97 Å². The van der Waals surface area contributed by atoms with E-state index in [-0.39, 0.29) is 6.42 Å². The van der Waals surface area contributed by atoms with Crippen LogP contribution in [0.25, 0.3) is 0 Å². The molecular weight excluding hydrogens is 408 g/mol. The second-order valence-corrected chi connectivity index (χ2v) is 10.1. The van der Waals surface area contributed by atoms with Crippen molar-refractivity contribution in [2.75, 3.05) is 0 Å². The zero-order valence-electron chi connectivity index (χ0n) is 18.5. The molecule has 7 nitrogen and oxygen atoms in total. The Balaban J connectivity index is 3.81. The maximum atomic E-state index is 11.5. The van der Waals surface area contributed by atoms with E-state index < -0.39 is 39.6 Å². The molecule has 0 saturated heterocycles. The van der Waals surface area contributed by atoms with E-state index in [1.807, 2.05) is 0 Å². The number of hydrogen-bond acceptors (Lipinski definition) is 6. The summed E-state index contributed by atoms with van der Waals surface area (Å²) in [5.74, 6) is -3.96. The molecular formula is C22H40O7S-2. The van der Waals surface area contributed by atoms with Crippen LogP contribution in [0.15, 0.2) is 0 Å². The van der Waals surface area contributed by atoms with Gasteiger partial charge in [0.2, 0.25) is 0 Å². The lowest BCUT2D eigenvalue weighted by Gasteiger charge is -2.31. The smallest absolute Gasteiger partial charge is 0.276 e. The summed E-state index contributed by atoms with van der Waals surface area (Å²) < 4.78 is 29.3. The van der Waals surface area contributed by atoms with Gasteiger partial charge >= 0.3 is 0 Å². The standard InChI is InChI=1S/C22H42O7S/c1-2-3-4-5-6-7-8-9-10-11-12-13-14-15-16-17-18-22(21(25)26,19-20(23)24)30(27,28)29/h2-19H2,1H3,(H,23,24)(H,25,26)(H,27,28,29)/p-2. The number of carbonyl (C=O) groups excluding carboxylic acids is 2. The molecule has 0 fully saturated rings. The normalized spacial score (nSPS) is 13.8. The summed E-state index contributed by atoms with van der Waals surface area (Å²) in [6.07, 6.45) is 16.0. The first-order valence-electron chi connectivity index (χ1n) is 11.6. The summed E-state index contributed by atoms with van der Waals surface area (Å²) in [5, 5.41) is 22.0. The molecule has 0 aliphatic rings. The molecule has 0 radical (unpaired) electrons. The Morgan fingerprint density at radius 2 is 1.03 bits per heavy atom. The third-order valence-electron chi connectivity index (χ3n) is 5.73. The lowest BCUT2D eigenvalue weighted by atomic mass is 9.96. The summed E-state index contributed by atoms with van der Waals surface area (Å²) in [4.78, 5) is 22.0. The van der Waals surface area contributed by atoms with Gasteiger partial charge in [0.15, 0.2) is 0 Å². The second kappa shape index (κ2) is 16.5. The highest BCUT2D eigenvalue weighted by Gasteiger charge is 2.44. The Morgan fingerprint density at radius 1 is 0.700 bits per heavy atom. The van der Waals surface area contributed by atoms with E-state index >= 15 is 0 Å². The van der Waals surface area contributed by atoms with Gasteiger partial charge in [0, 0.05) is 12.4 Å². The van der Waals surface area contributed by atoms with Crippen LogP contribution in [0.3, 0.4) is 0 Å². The minimum atomic E-state index is -5.12. The molecule has 0 aromatic carbocycles. The average Bonchev–Trinajstić information content (AvgIpc) is 2.65. The number of rotatable bonds is 21. The molecule has 178 valence electrons. The molecule has 1 unspecified atom stereocenters. The Labute approximate surface area is 182 Å². The van der Waals surface area contributed by atoms with E-state index in [1.165, 1.54) is 64.2 Å². The molecule has 0 aromatic rings. The maximum absolute atomic E-state index is 11.5. The minimum Gasteiger partial charge on any atom is -0.550 e. The lowest BCUT2D eigenvalue weighted by molar-refractivity contribution is -0.319. The van der Waals surface area contributed by atoms with Gasteiger partial charge in [-0.15, -0.1) is 0 Å². The second-order valence-electron chi connectivity index (χ2n) is 8.36. The number of carboxylic acid groups (broad SMARTS) is 2. The predicted octanol–water partition coefficient (Wildman–Crippen LogP) is 3.15. The number of unbranched alkanes of at least 4 members (excludes halogenated alkanes) is 15. The molecule has 30 heavy (non-hydrogen) atoms. The molecule has 0 amide bonds. The largest absolute Gasteiger partial charge is 0.550 e. The van der Waals surface area contributed by atoms with Gasteiger partial charge in [-0.05, 0) is 6.42 Å². The number of carbonyl (C=O) groups is 2. The van der Waals surface area contributed by atoms with E-state index in [0.717, 1.165) is 25.7 Å². The van der Waals surface area contributed by atoms with Crippen LogP contribution in [0.5, 0.6) is 0 Å². The molecule has 0 aromatic heterocycles. The van der Waals surface area contributed by atoms with E-state index in [2.05, 4.69) is 6.92 Å². The number of aliphatic carboxylic acids is 2. The molecule has 1 N–H and O–H groups in total. The fourth-order valence-corrected chi connectivity index (χ4v) is 4.69. The van der Waals surface area contributed by atoms with Gasteiger partial charge in [0.1, 0.15) is 4.75 Å². The van der Waals surface area contributed by atoms with Crippen molar-refractivity contribution < 1.29 is 32.8 Å². The summed E-state index contributed by atoms with van der Waals surface area (Å²) in [5.41, 5.74) is 0. The molecule has 0 aliphatic heterocycles. The van der Waals surface area contributed by atoms with Gasteiger partial charge in [-0.2, -0.15) is 8.42 Å². The Bertz CT molecular complexity index is 574. The molecule has 0 bridgehead atoms. The number of carboxylic acids is 2. The van der Waals surface area contributed by atoms with Crippen LogP contribution in [0.1, 0.15) is 122 Å². The summed E-state index contributed by atoms with van der Waals surface area (Å²) in [7, 11) is -5.12. The van der Waals surface area contributed by atoms with Crippen LogP contribution >= 0.6 is 0 Å². The van der Waals surface area contributed by atoms with Crippen LogP contribution in [-0.2, 0) is 19.7 Å². The third-order valence-corrected chi connectivity index (χ3v) is 7.23. The van der Waals surface area contributed by atoms with Crippen molar-refractivity contribution in [2.45, 2.75) is 127 Å². The summed E-state index contributed by atoms with van der Waals surface area (Å²) >= 11 is 0. The van der Waals surface area contributed by atoms with Crippen molar-refractivity contribution in [3.8, 4) is 0 Å². The van der Waals surface area contributed by atoms with Crippen LogP contribution < -0.4 is 10.2 Å². The van der Waals surface area contributed by atoms with Crippen LogP contribution in [-0.4, -0.2) is 29.7 Å². The van der Waals surface area contributed by atoms with E-state index in [1.54, 1.807) is 0 Å². The monoisotopic (exact) mass is 448 g/mol. The molecule has 0 heterocycles. The molecule has 0 spiro atoms. The van der Waals surface area contributed by atoms with Gasteiger partial charge in [-0.1, -0.05) is 110 Å². The van der Waals surface area contributed by atoms with Crippen LogP contribution in [0.4, 0.5) is 0 Å². The average molecular weight is 449 g/mol. The lowest BCUT2D eigenvalue weighted by Crippen LogP contribution is -2.56. The van der Waals surface area contributed by atoms with Crippen molar-refractivity contribution in [3.05, 3.63) is 0 Å². The number of hydrogen-bond donors (Lipinski definition) is 1. The Kier molecular flexibility index (Phi) is 15.9. The zero-order valence-corrected chi connectivity index (χ0v) is 19.3. The molecule has 0 rings (SSSR count). The van der Waals surface area contributed by atoms with Crippen molar-refractivity contribution in [3.63, 3.8) is 0 Å². The van der Waals surface area contributed by atoms with Crippen LogP contribution in [0.2, 0.25) is 0 Å². The first-order chi connectivity index (χ1) is 14.2. The fraction of sp³-hybridized carbons (Fsp3) is 0.909. The first kappa shape index (κ1) is 28.9. The topological polar surface area (TPSA) is 135 Å². The van der Waals surface area contributed by atoms with Crippen molar-refractivity contribution in [1.29, 1.82) is 0 Å². The molecule has 8 heteroatoms. The van der Waals surface area contributed by atoms with Crippen LogP contribution in [0, 0.1) is 0 Å². The fourth-order valence-electron chi connectivity index (χ4n) is 3.78. The van der Waals surface area contributed by atoms with E-state index in [9.17, 15) is 32.8 Å². The molecule has 1 atom stereocenters. The van der Waals surface area contributed by atoms with Gasteiger partial charge in [-0.3, -0.25) is 4.55 Å². The maximum Gasteiger partial charge on any atom is 0.276 e. The SMILES string of the molecule is CCCCCCCCCCCCCCCCCCC(CC(=O)[O-])(C(=O)[O-])S(=O)(=O)O. The van der Waals surface area contributed by atoms with Gasteiger partial charge < -0.3 is 19.8 Å². The highest BCUT2D eigenvalue weighted by molar-refractivity contribution is 7.88. The van der Waals surface area contributed by atoms with E-state index in [0.29, 0.717) is 6.42 Å². The predicted molar refractivity (Wildman–Crippen MR) is 113 cm³/mol. The molecule has 0 saturated carbocycles. The first-order valence-corrected chi connectivity index (χ1v) is 13.0. The highest BCUT2D eigenvalue weighted by atomic mass is 32.2. The van der Waals surface area contributed by atoms with Gasteiger partial charge in [0.25, 0.3) is 10.1 Å². The Morgan fingerprint density at radius 3 is 1.30 bits per heavy atom. The van der Waals surface area contributed by atoms with Gasteiger partial charge in [-0.25, -0.2) is 0 Å². The van der Waals surface area contributed by atoms with Crippen molar-refractivity contribution in [1.82, 2.24) is 0 Å². The zero-order chi connectivity index (χ0) is 22.9.